The van der Waals surface area contributed by atoms with Gasteiger partial charge in [-0.25, -0.2) is 0 Å². The number of hydrogen-bond donors (Lipinski definition) is 0. The molecule has 0 saturated carbocycles. The van der Waals surface area contributed by atoms with Crippen molar-refractivity contribution in [2.75, 3.05) is 0 Å². The van der Waals surface area contributed by atoms with Crippen LogP contribution in [0.3, 0.4) is 0 Å². The highest BCUT2D eigenvalue weighted by Gasteiger charge is 2.48. The van der Waals surface area contributed by atoms with Crippen molar-refractivity contribution in [2.45, 2.75) is 96.3 Å². The molecular weight excluding hydrogens is 649 g/mol. The van der Waals surface area contributed by atoms with Gasteiger partial charge in [-0.15, -0.1) is 0 Å². The maximum atomic E-state index is 2.75. The average molecular weight is 703 g/mol. The summed E-state index contributed by atoms with van der Waals surface area (Å²) in [6.45, 7) is 0. The first-order valence-electron chi connectivity index (χ1n) is 21.3. The number of hydrogen-bond acceptors (Lipinski definition) is 0. The Labute approximate surface area is 324 Å². The van der Waals surface area contributed by atoms with E-state index in [2.05, 4.69) is 128 Å². The molecule has 0 aromatic carbocycles. The van der Waals surface area contributed by atoms with Crippen molar-refractivity contribution in [1.29, 1.82) is 0 Å². The average Bonchev–Trinajstić information content (AvgIpc) is 3.27. The molecule has 0 aliphatic heterocycles. The SMILES string of the molecule is C1=CCCC(C2=CC3=C(CC2)C2=C(C=C(C4=CC=CCC4)CC2)C2C(C4=CC=CCC4)=C(C4C=CC=CC4)C(C4=CCCC=C4)=C(C4=CC=CCC4)C32)=C1. The highest BCUT2D eigenvalue weighted by atomic mass is 14.5. The third-order valence-corrected chi connectivity index (χ3v) is 13.7. The van der Waals surface area contributed by atoms with Crippen molar-refractivity contribution in [2.24, 2.45) is 17.8 Å². The molecule has 10 rings (SSSR count). The lowest BCUT2D eigenvalue weighted by atomic mass is 9.54. The molecule has 0 nitrogen and oxygen atoms in total. The van der Waals surface area contributed by atoms with Crippen LogP contribution >= 0.6 is 0 Å². The third kappa shape index (κ3) is 6.07. The largest absolute Gasteiger partial charge is 0.0842 e. The van der Waals surface area contributed by atoms with Crippen molar-refractivity contribution in [3.05, 3.63) is 211 Å². The van der Waals surface area contributed by atoms with Gasteiger partial charge < -0.3 is 0 Å². The van der Waals surface area contributed by atoms with Gasteiger partial charge in [0.2, 0.25) is 0 Å². The van der Waals surface area contributed by atoms with E-state index in [1.54, 1.807) is 78.0 Å². The minimum absolute atomic E-state index is 0.294. The Morgan fingerprint density at radius 2 is 0.963 bits per heavy atom. The van der Waals surface area contributed by atoms with Crippen molar-refractivity contribution >= 4 is 0 Å². The number of rotatable bonds is 6. The first kappa shape index (κ1) is 33.9. The number of allylic oxidation sites excluding steroid dienone is 36. The molecule has 54 heavy (non-hydrogen) atoms. The van der Waals surface area contributed by atoms with Gasteiger partial charge in [0.05, 0.1) is 0 Å². The normalized spacial score (nSPS) is 28.9. The van der Waals surface area contributed by atoms with Crippen LogP contribution < -0.4 is 0 Å². The second-order valence-electron chi connectivity index (χ2n) is 16.7. The van der Waals surface area contributed by atoms with E-state index >= 15 is 0 Å². The molecule has 0 amide bonds. The predicted molar refractivity (Wildman–Crippen MR) is 228 cm³/mol. The summed E-state index contributed by atoms with van der Waals surface area (Å²) in [5, 5.41) is 0. The van der Waals surface area contributed by atoms with E-state index < -0.39 is 0 Å². The molecule has 0 spiro atoms. The zero-order valence-corrected chi connectivity index (χ0v) is 32.0. The van der Waals surface area contributed by atoms with Gasteiger partial charge in [-0.2, -0.15) is 0 Å². The molecule has 0 heterocycles. The molecule has 0 aromatic rings. The standard InChI is InChI=1S/C54H54/c1-7-19-37(20-8-1)43-31-33-45-46-34-32-44(38-21-9-2-10-22-38)36-48(46)54-52(42-29-17-6-18-30-42)50(40-25-13-4-14-26-40)49(39-23-11-3-12-24-39)51(53(54)47(45)35-43)41-27-15-5-16-28-41/h1-3,5-7,9,11-13,15,17,19,21,23,25-27,29,35-36,39,53-54H,4,8,10,14,16,18,20,22,24,28,30-34H2. The molecule has 0 radical (unpaired) electrons. The summed E-state index contributed by atoms with van der Waals surface area (Å²) in [5.74, 6) is 0.950. The predicted octanol–water partition coefficient (Wildman–Crippen LogP) is 14.4. The Kier molecular flexibility index (Phi) is 9.32. The van der Waals surface area contributed by atoms with Gasteiger partial charge >= 0.3 is 0 Å². The van der Waals surface area contributed by atoms with Gasteiger partial charge in [-0.3, -0.25) is 0 Å². The zero-order chi connectivity index (χ0) is 35.8. The molecule has 270 valence electrons. The van der Waals surface area contributed by atoms with Gasteiger partial charge in [0.15, 0.2) is 0 Å². The van der Waals surface area contributed by atoms with Crippen molar-refractivity contribution < 1.29 is 0 Å². The third-order valence-electron chi connectivity index (χ3n) is 13.7. The monoisotopic (exact) mass is 702 g/mol. The molecule has 0 heteroatoms. The highest BCUT2D eigenvalue weighted by Crippen LogP contribution is 2.62. The fourth-order valence-corrected chi connectivity index (χ4v) is 11.2. The van der Waals surface area contributed by atoms with Crippen LogP contribution in [0, 0.1) is 17.8 Å². The Bertz CT molecular complexity index is 2220. The van der Waals surface area contributed by atoms with E-state index in [4.69, 9.17) is 0 Å². The van der Waals surface area contributed by atoms with Crippen molar-refractivity contribution in [3.8, 4) is 0 Å². The quantitative estimate of drug-likeness (QED) is 0.258. The summed E-state index contributed by atoms with van der Waals surface area (Å²) in [6.07, 6.45) is 68.4. The van der Waals surface area contributed by atoms with Gasteiger partial charge in [0.25, 0.3) is 0 Å². The minimum atomic E-state index is 0.294. The molecule has 0 N–H and O–H groups in total. The van der Waals surface area contributed by atoms with Crippen LogP contribution in [0.2, 0.25) is 0 Å². The van der Waals surface area contributed by atoms with Gasteiger partial charge in [0.1, 0.15) is 0 Å². The maximum Gasteiger partial charge on any atom is 0.0211 e. The Balaban J connectivity index is 1.31. The Morgan fingerprint density at radius 1 is 0.407 bits per heavy atom. The summed E-state index contributed by atoms with van der Waals surface area (Å²) in [4.78, 5) is 0. The van der Waals surface area contributed by atoms with Gasteiger partial charge in [-0.1, -0.05) is 128 Å². The molecule has 0 fully saturated rings. The van der Waals surface area contributed by atoms with Crippen LogP contribution in [-0.4, -0.2) is 0 Å². The fraction of sp³-hybridized carbons (Fsp3) is 0.333. The summed E-state index contributed by atoms with van der Waals surface area (Å²) in [6, 6.07) is 0. The summed E-state index contributed by atoms with van der Waals surface area (Å²) in [5.41, 5.74) is 24.1. The maximum absolute atomic E-state index is 2.75. The summed E-state index contributed by atoms with van der Waals surface area (Å²) < 4.78 is 0. The van der Waals surface area contributed by atoms with Crippen LogP contribution in [0.5, 0.6) is 0 Å². The number of fused-ring (bicyclic) bond motifs is 4. The van der Waals surface area contributed by atoms with Gasteiger partial charge in [-0.05, 0) is 180 Å². The first-order chi connectivity index (χ1) is 26.8. The molecule has 10 aliphatic rings. The molecule has 0 aromatic heterocycles. The fourth-order valence-electron chi connectivity index (χ4n) is 11.2. The lowest BCUT2D eigenvalue weighted by Gasteiger charge is -2.49. The van der Waals surface area contributed by atoms with Crippen LogP contribution in [0.1, 0.15) is 96.3 Å². The Hall–Kier alpha value is -4.68. The lowest BCUT2D eigenvalue weighted by molar-refractivity contribution is 0.508. The van der Waals surface area contributed by atoms with E-state index in [-0.39, 0.29) is 0 Å². The van der Waals surface area contributed by atoms with E-state index in [0.29, 0.717) is 17.8 Å². The molecule has 3 unspecified atom stereocenters. The molecule has 3 atom stereocenters. The van der Waals surface area contributed by atoms with Crippen LogP contribution in [0.4, 0.5) is 0 Å². The second-order valence-corrected chi connectivity index (χ2v) is 16.7. The van der Waals surface area contributed by atoms with Crippen molar-refractivity contribution in [1.82, 2.24) is 0 Å². The minimum Gasteiger partial charge on any atom is -0.0842 e. The summed E-state index contributed by atoms with van der Waals surface area (Å²) in [7, 11) is 0. The second kappa shape index (κ2) is 14.9. The first-order valence-corrected chi connectivity index (χ1v) is 21.3. The van der Waals surface area contributed by atoms with Crippen LogP contribution in [0.15, 0.2) is 211 Å². The molecule has 0 saturated heterocycles. The lowest BCUT2D eigenvalue weighted by Crippen LogP contribution is -2.37. The van der Waals surface area contributed by atoms with E-state index in [0.717, 1.165) is 83.5 Å². The van der Waals surface area contributed by atoms with E-state index in [9.17, 15) is 0 Å². The van der Waals surface area contributed by atoms with Crippen LogP contribution in [-0.2, 0) is 0 Å². The highest BCUT2D eigenvalue weighted by molar-refractivity contribution is 5.75. The zero-order valence-electron chi connectivity index (χ0n) is 32.0. The van der Waals surface area contributed by atoms with Crippen molar-refractivity contribution in [3.63, 3.8) is 0 Å². The molecule has 0 bridgehead atoms. The van der Waals surface area contributed by atoms with Crippen LogP contribution in [0.25, 0.3) is 0 Å². The van der Waals surface area contributed by atoms with E-state index in [1.165, 1.54) is 18.4 Å². The Morgan fingerprint density at radius 3 is 1.46 bits per heavy atom. The molecule has 10 aliphatic carbocycles. The summed E-state index contributed by atoms with van der Waals surface area (Å²) >= 11 is 0. The topological polar surface area (TPSA) is 0 Å². The van der Waals surface area contributed by atoms with Gasteiger partial charge in [0, 0.05) is 17.8 Å². The smallest absolute Gasteiger partial charge is 0.0211 e. The van der Waals surface area contributed by atoms with E-state index in [1.807, 2.05) is 0 Å². The molecular formula is C54H54.